The van der Waals surface area contributed by atoms with Crippen molar-refractivity contribution in [3.63, 3.8) is 0 Å². The van der Waals surface area contributed by atoms with Gasteiger partial charge in [-0.15, -0.1) is 0 Å². The first-order valence-electron chi connectivity index (χ1n) is 4.95. The van der Waals surface area contributed by atoms with E-state index in [1.54, 1.807) is 13.0 Å². The summed E-state index contributed by atoms with van der Waals surface area (Å²) in [7, 11) is 0. The van der Waals surface area contributed by atoms with Crippen LogP contribution in [-0.2, 0) is 6.42 Å². The number of nitrogens with zero attached hydrogens (tertiary/aromatic N) is 1. The fourth-order valence-corrected chi connectivity index (χ4v) is 1.81. The molecule has 0 unspecified atom stereocenters. The molecule has 16 heavy (non-hydrogen) atoms. The maximum Gasteiger partial charge on any atom is 0.273 e. The van der Waals surface area contributed by atoms with E-state index in [0.29, 0.717) is 17.5 Å². The second-order valence-corrected chi connectivity index (χ2v) is 3.92. The molecule has 1 aromatic carbocycles. The molecule has 0 fully saturated rings. The predicted octanol–water partition coefficient (Wildman–Crippen LogP) is 3.23. The fourth-order valence-electron chi connectivity index (χ4n) is 1.61. The minimum Gasteiger partial charge on any atom is -0.276 e. The lowest BCUT2D eigenvalue weighted by Crippen LogP contribution is -2.01. The van der Waals surface area contributed by atoms with E-state index in [4.69, 9.17) is 11.6 Å². The number of hydrogen-bond donors (Lipinski definition) is 0. The van der Waals surface area contributed by atoms with Crippen LogP contribution in [0.15, 0.2) is 12.1 Å². The van der Waals surface area contributed by atoms with Crippen molar-refractivity contribution in [2.45, 2.75) is 26.7 Å². The first kappa shape index (κ1) is 12.6. The van der Waals surface area contributed by atoms with Gasteiger partial charge in [0.2, 0.25) is 0 Å². The Morgan fingerprint density at radius 2 is 2.12 bits per heavy atom. The molecule has 0 N–H and O–H groups in total. The van der Waals surface area contributed by atoms with Gasteiger partial charge in [0.05, 0.1) is 4.92 Å². The van der Waals surface area contributed by atoms with Gasteiger partial charge in [0.15, 0.2) is 0 Å². The second-order valence-electron chi connectivity index (χ2n) is 3.58. The van der Waals surface area contributed by atoms with Crippen LogP contribution in [0.1, 0.15) is 34.8 Å². The molecular weight excluding hydrogens is 230 g/mol. The van der Waals surface area contributed by atoms with E-state index in [0.717, 1.165) is 6.42 Å². The van der Waals surface area contributed by atoms with Gasteiger partial charge in [-0.05, 0) is 36.6 Å². The maximum absolute atomic E-state index is 11.1. The van der Waals surface area contributed by atoms with Crippen molar-refractivity contribution in [3.8, 4) is 0 Å². The van der Waals surface area contributed by atoms with Crippen LogP contribution in [0.2, 0.25) is 0 Å². The molecule has 0 spiro atoms. The van der Waals surface area contributed by atoms with E-state index >= 15 is 0 Å². The number of hydrogen-bond acceptors (Lipinski definition) is 3. The van der Waals surface area contributed by atoms with Crippen LogP contribution >= 0.6 is 11.6 Å². The average Bonchev–Trinajstić information content (AvgIpc) is 2.17. The zero-order valence-corrected chi connectivity index (χ0v) is 9.87. The summed E-state index contributed by atoms with van der Waals surface area (Å²) in [6.45, 7) is 3.66. The zero-order valence-electron chi connectivity index (χ0n) is 9.12. The van der Waals surface area contributed by atoms with Crippen molar-refractivity contribution in [1.29, 1.82) is 0 Å². The van der Waals surface area contributed by atoms with Gasteiger partial charge in [-0.3, -0.25) is 14.9 Å². The number of halogens is 1. The van der Waals surface area contributed by atoms with Crippen LogP contribution in [0.3, 0.4) is 0 Å². The van der Waals surface area contributed by atoms with Gasteiger partial charge in [-0.2, -0.15) is 0 Å². The molecule has 1 aromatic rings. The summed E-state index contributed by atoms with van der Waals surface area (Å²) in [6, 6.07) is 2.92. The highest BCUT2D eigenvalue weighted by Crippen LogP contribution is 2.25. The minimum absolute atomic E-state index is 0.0311. The quantitative estimate of drug-likeness (QED) is 0.462. The Balaban J connectivity index is 3.36. The largest absolute Gasteiger partial charge is 0.276 e. The molecule has 0 aliphatic heterocycles. The van der Waals surface area contributed by atoms with Crippen molar-refractivity contribution in [2.75, 3.05) is 0 Å². The summed E-state index contributed by atoms with van der Waals surface area (Å²) in [5.74, 6) is 0. The molecule has 1 rings (SSSR count). The Kier molecular flexibility index (Phi) is 4.01. The number of aryl methyl sites for hydroxylation is 2. The standard InChI is InChI=1S/C11H12ClNO3/c1-3-4-8-5-7(2)9(11(12)14)6-10(8)13(15)16/h5-6H,3-4H2,1-2H3. The molecule has 0 amide bonds. The van der Waals surface area contributed by atoms with Crippen LogP contribution in [0.4, 0.5) is 5.69 Å². The molecule has 0 aromatic heterocycles. The molecule has 0 saturated carbocycles. The number of benzene rings is 1. The van der Waals surface area contributed by atoms with E-state index in [2.05, 4.69) is 0 Å². The summed E-state index contributed by atoms with van der Waals surface area (Å²) in [6.07, 6.45) is 1.43. The summed E-state index contributed by atoms with van der Waals surface area (Å²) in [5, 5.41) is 10.2. The molecule has 0 bridgehead atoms. The summed E-state index contributed by atoms with van der Waals surface area (Å²) < 4.78 is 0. The molecular formula is C11H12ClNO3. The van der Waals surface area contributed by atoms with Gasteiger partial charge in [-0.25, -0.2) is 0 Å². The second kappa shape index (κ2) is 5.07. The van der Waals surface area contributed by atoms with Crippen LogP contribution in [-0.4, -0.2) is 10.2 Å². The molecule has 5 heteroatoms. The normalized spacial score (nSPS) is 10.2. The molecule has 0 heterocycles. The Bertz CT molecular complexity index is 443. The van der Waals surface area contributed by atoms with Crippen molar-refractivity contribution >= 4 is 22.5 Å². The SMILES string of the molecule is CCCc1cc(C)c(C(=O)Cl)cc1[N+](=O)[O-]. The lowest BCUT2D eigenvalue weighted by atomic mass is 10.0. The van der Waals surface area contributed by atoms with Crippen LogP contribution in [0.25, 0.3) is 0 Å². The highest BCUT2D eigenvalue weighted by Gasteiger charge is 2.18. The average molecular weight is 242 g/mol. The van der Waals surface area contributed by atoms with Gasteiger partial charge in [0.25, 0.3) is 10.9 Å². The smallest absolute Gasteiger partial charge is 0.273 e. The van der Waals surface area contributed by atoms with Crippen molar-refractivity contribution in [2.24, 2.45) is 0 Å². The molecule has 0 atom stereocenters. The number of nitro groups is 1. The Hall–Kier alpha value is -1.42. The molecule has 0 radical (unpaired) electrons. The molecule has 0 aliphatic carbocycles. The number of nitro benzene ring substituents is 1. The summed E-state index contributed by atoms with van der Waals surface area (Å²) >= 11 is 5.35. The van der Waals surface area contributed by atoms with Gasteiger partial charge >= 0.3 is 0 Å². The zero-order chi connectivity index (χ0) is 12.3. The Morgan fingerprint density at radius 1 is 1.50 bits per heavy atom. The van der Waals surface area contributed by atoms with E-state index in [9.17, 15) is 14.9 Å². The molecule has 4 nitrogen and oxygen atoms in total. The molecule has 0 aliphatic rings. The van der Waals surface area contributed by atoms with Crippen LogP contribution in [0.5, 0.6) is 0 Å². The first-order valence-corrected chi connectivity index (χ1v) is 5.33. The van der Waals surface area contributed by atoms with Crippen molar-refractivity contribution in [1.82, 2.24) is 0 Å². The monoisotopic (exact) mass is 241 g/mol. The molecule has 86 valence electrons. The first-order chi connectivity index (χ1) is 7.47. The predicted molar refractivity (Wildman–Crippen MR) is 62.0 cm³/mol. The summed E-state index contributed by atoms with van der Waals surface area (Å²) in [5.41, 5.74) is 1.49. The van der Waals surface area contributed by atoms with Crippen molar-refractivity contribution in [3.05, 3.63) is 38.9 Å². The van der Waals surface area contributed by atoms with Crippen LogP contribution < -0.4 is 0 Å². The highest BCUT2D eigenvalue weighted by atomic mass is 35.5. The molecule has 0 saturated heterocycles. The van der Waals surface area contributed by atoms with E-state index in [1.165, 1.54) is 6.07 Å². The van der Waals surface area contributed by atoms with Gasteiger partial charge in [-0.1, -0.05) is 13.3 Å². The fraction of sp³-hybridized carbons (Fsp3) is 0.364. The maximum atomic E-state index is 11.1. The van der Waals surface area contributed by atoms with Gasteiger partial charge in [0, 0.05) is 17.2 Å². The summed E-state index contributed by atoms with van der Waals surface area (Å²) in [4.78, 5) is 21.4. The van der Waals surface area contributed by atoms with Crippen LogP contribution in [0, 0.1) is 17.0 Å². The topological polar surface area (TPSA) is 60.2 Å². The Labute approximate surface area is 98.4 Å². The third kappa shape index (κ3) is 2.58. The van der Waals surface area contributed by atoms with E-state index < -0.39 is 10.2 Å². The Morgan fingerprint density at radius 3 is 2.56 bits per heavy atom. The van der Waals surface area contributed by atoms with Gasteiger partial charge in [0.1, 0.15) is 0 Å². The lowest BCUT2D eigenvalue weighted by molar-refractivity contribution is -0.385. The van der Waals surface area contributed by atoms with Crippen molar-refractivity contribution < 1.29 is 9.72 Å². The minimum atomic E-state index is -0.663. The van der Waals surface area contributed by atoms with Gasteiger partial charge < -0.3 is 0 Å². The third-order valence-corrected chi connectivity index (χ3v) is 2.56. The number of carbonyl (C=O) groups excluding carboxylic acids is 1. The number of rotatable bonds is 4. The highest BCUT2D eigenvalue weighted by molar-refractivity contribution is 6.68. The van der Waals surface area contributed by atoms with E-state index in [1.807, 2.05) is 6.92 Å². The van der Waals surface area contributed by atoms with E-state index in [-0.39, 0.29) is 11.3 Å². The lowest BCUT2D eigenvalue weighted by Gasteiger charge is -2.06. The third-order valence-electron chi connectivity index (χ3n) is 2.35. The number of carbonyl (C=O) groups is 1.